The summed E-state index contributed by atoms with van der Waals surface area (Å²) in [4.78, 5) is 38.8. The predicted molar refractivity (Wildman–Crippen MR) is 124 cm³/mol. The van der Waals surface area contributed by atoms with Gasteiger partial charge in [-0.15, -0.1) is 0 Å². The third-order valence-electron chi connectivity index (χ3n) is 5.67. The second kappa shape index (κ2) is 9.43. The van der Waals surface area contributed by atoms with Gasteiger partial charge in [-0.25, -0.2) is 8.78 Å². The fourth-order valence-corrected chi connectivity index (χ4v) is 4.06. The average molecular weight is 463 g/mol. The molecule has 2 amide bonds. The molecule has 0 aliphatic carbocycles. The Morgan fingerprint density at radius 3 is 2.41 bits per heavy atom. The van der Waals surface area contributed by atoms with E-state index in [9.17, 15) is 23.2 Å². The van der Waals surface area contributed by atoms with Crippen molar-refractivity contribution in [1.82, 2.24) is 10.6 Å². The number of nitrogens with one attached hydrogen (secondary N) is 3. The molecule has 0 bridgehead atoms. The molecule has 1 aliphatic rings. The van der Waals surface area contributed by atoms with Crippen LogP contribution in [0.1, 0.15) is 40.0 Å². The summed E-state index contributed by atoms with van der Waals surface area (Å²) in [5, 5.41) is 8.55. The maximum Gasteiger partial charge on any atom is 0.243 e. The van der Waals surface area contributed by atoms with Gasteiger partial charge in [0.1, 0.15) is 23.7 Å². The zero-order valence-corrected chi connectivity index (χ0v) is 18.6. The van der Waals surface area contributed by atoms with Crippen molar-refractivity contribution in [3.8, 4) is 0 Å². The normalized spacial score (nSPS) is 15.3. The Kier molecular flexibility index (Phi) is 6.40. The smallest absolute Gasteiger partial charge is 0.243 e. The van der Waals surface area contributed by atoms with Crippen LogP contribution < -0.4 is 16.0 Å². The van der Waals surface area contributed by atoms with Gasteiger partial charge in [-0.3, -0.25) is 14.4 Å². The second-order valence-corrected chi connectivity index (χ2v) is 8.26. The fourth-order valence-electron chi connectivity index (χ4n) is 4.06. The molecule has 174 valence electrons. The van der Waals surface area contributed by atoms with Gasteiger partial charge in [-0.2, -0.15) is 0 Å². The minimum Gasteiger partial charge on any atom is -0.355 e. The van der Waals surface area contributed by atoms with E-state index in [2.05, 4.69) is 16.0 Å². The van der Waals surface area contributed by atoms with Crippen molar-refractivity contribution in [3.63, 3.8) is 0 Å². The molecule has 3 aromatic rings. The zero-order chi connectivity index (χ0) is 24.4. The van der Waals surface area contributed by atoms with Crippen LogP contribution in [0.3, 0.4) is 0 Å². The van der Waals surface area contributed by atoms with Crippen LogP contribution in [0.5, 0.6) is 0 Å². The summed E-state index contributed by atoms with van der Waals surface area (Å²) in [5.41, 5.74) is 3.34. The Morgan fingerprint density at radius 2 is 1.68 bits per heavy atom. The predicted octanol–water partition coefficient (Wildman–Crippen LogP) is 4.12. The van der Waals surface area contributed by atoms with Gasteiger partial charge in [-0.05, 0) is 49.2 Å². The standard InChI is InChI=1S/C26H23F2N3O3/c1-14-6-5-9-21-23(14)25(33)24(19-7-3-4-8-20(19)30-21)31-26(34)15(2)29-22(32)12-16-10-17(27)13-18(28)11-16/h3-11,13,15,24,30H,12H2,1-2H3,(H,29,32)(H,31,34)/t15-,24?/m0/s1. The molecule has 3 aromatic carbocycles. The van der Waals surface area contributed by atoms with Gasteiger partial charge in [0.25, 0.3) is 0 Å². The molecule has 0 spiro atoms. The molecule has 1 heterocycles. The molecule has 3 N–H and O–H groups in total. The minimum atomic E-state index is -0.988. The molecule has 1 unspecified atom stereocenters. The molecule has 6 nitrogen and oxygen atoms in total. The number of halogens is 2. The van der Waals surface area contributed by atoms with Crippen LogP contribution in [0.15, 0.2) is 60.7 Å². The Labute approximate surface area is 195 Å². The van der Waals surface area contributed by atoms with Crippen molar-refractivity contribution >= 4 is 29.0 Å². The number of benzene rings is 3. The van der Waals surface area contributed by atoms with Gasteiger partial charge in [-0.1, -0.05) is 30.3 Å². The highest BCUT2D eigenvalue weighted by molar-refractivity contribution is 6.10. The van der Waals surface area contributed by atoms with E-state index in [-0.39, 0.29) is 17.8 Å². The molecule has 1 aliphatic heterocycles. The number of anilines is 2. The number of hydrogen-bond acceptors (Lipinski definition) is 4. The Hall–Kier alpha value is -4.07. The lowest BCUT2D eigenvalue weighted by molar-refractivity contribution is -0.128. The van der Waals surface area contributed by atoms with Gasteiger partial charge >= 0.3 is 0 Å². The first-order valence-electron chi connectivity index (χ1n) is 10.8. The molecular weight excluding hydrogens is 440 g/mol. The number of aryl methyl sites for hydroxylation is 1. The molecule has 0 fully saturated rings. The number of fused-ring (bicyclic) bond motifs is 2. The maximum atomic E-state index is 13.5. The van der Waals surface area contributed by atoms with E-state index in [0.717, 1.165) is 17.7 Å². The van der Waals surface area contributed by atoms with Crippen LogP contribution in [-0.2, 0) is 16.0 Å². The molecule has 34 heavy (non-hydrogen) atoms. The van der Waals surface area contributed by atoms with Gasteiger partial charge in [0.05, 0.1) is 6.42 Å². The van der Waals surface area contributed by atoms with E-state index in [1.807, 2.05) is 31.2 Å². The largest absolute Gasteiger partial charge is 0.355 e. The number of Topliss-reactive ketones (excluding diaryl/α,β-unsaturated/α-hetero) is 1. The number of carbonyl (C=O) groups excluding carboxylic acids is 3. The molecule has 0 aromatic heterocycles. The zero-order valence-electron chi connectivity index (χ0n) is 18.6. The summed E-state index contributed by atoms with van der Waals surface area (Å²) >= 11 is 0. The quantitative estimate of drug-likeness (QED) is 0.531. The van der Waals surface area contributed by atoms with Crippen LogP contribution in [0.25, 0.3) is 0 Å². The van der Waals surface area contributed by atoms with Gasteiger partial charge in [0.2, 0.25) is 11.8 Å². The van der Waals surface area contributed by atoms with Crippen LogP contribution in [-0.4, -0.2) is 23.6 Å². The van der Waals surface area contributed by atoms with E-state index >= 15 is 0 Å². The average Bonchev–Trinajstić information content (AvgIpc) is 2.88. The lowest BCUT2D eigenvalue weighted by Crippen LogP contribution is -2.47. The van der Waals surface area contributed by atoms with Crippen molar-refractivity contribution in [1.29, 1.82) is 0 Å². The number of hydrogen-bond donors (Lipinski definition) is 3. The summed E-state index contributed by atoms with van der Waals surface area (Å²) in [6.07, 6.45) is -0.298. The molecule has 0 radical (unpaired) electrons. The summed E-state index contributed by atoms with van der Waals surface area (Å²) in [6.45, 7) is 3.30. The molecule has 8 heteroatoms. The molecule has 2 atom stereocenters. The number of carbonyl (C=O) groups is 3. The highest BCUT2D eigenvalue weighted by Crippen LogP contribution is 2.36. The van der Waals surface area contributed by atoms with E-state index in [1.54, 1.807) is 18.2 Å². The van der Waals surface area contributed by atoms with Crippen molar-refractivity contribution in [3.05, 3.63) is 94.6 Å². The van der Waals surface area contributed by atoms with Crippen molar-refractivity contribution in [2.24, 2.45) is 0 Å². The van der Waals surface area contributed by atoms with E-state index in [4.69, 9.17) is 0 Å². The SMILES string of the molecule is Cc1cccc2c1C(=O)C(NC(=O)[C@H](C)NC(=O)Cc1cc(F)cc(F)c1)c1ccccc1N2. The fraction of sp³-hybridized carbons (Fsp3) is 0.192. The number of ketones is 1. The third kappa shape index (κ3) is 4.80. The Balaban J connectivity index is 1.52. The number of rotatable bonds is 5. The lowest BCUT2D eigenvalue weighted by atomic mass is 9.94. The third-order valence-corrected chi connectivity index (χ3v) is 5.67. The topological polar surface area (TPSA) is 87.3 Å². The molecule has 0 saturated carbocycles. The summed E-state index contributed by atoms with van der Waals surface area (Å²) in [7, 11) is 0. The first-order chi connectivity index (χ1) is 16.2. The van der Waals surface area contributed by atoms with Crippen LogP contribution in [0.4, 0.5) is 20.2 Å². The molecular formula is C26H23F2N3O3. The van der Waals surface area contributed by atoms with Crippen LogP contribution >= 0.6 is 0 Å². The highest BCUT2D eigenvalue weighted by atomic mass is 19.1. The van der Waals surface area contributed by atoms with Crippen molar-refractivity contribution < 1.29 is 23.2 Å². The van der Waals surface area contributed by atoms with Gasteiger partial charge in [0.15, 0.2) is 5.78 Å². The Bertz CT molecular complexity index is 1270. The second-order valence-electron chi connectivity index (χ2n) is 8.26. The lowest BCUT2D eigenvalue weighted by Gasteiger charge is -2.21. The van der Waals surface area contributed by atoms with Gasteiger partial charge in [0, 0.05) is 28.6 Å². The van der Waals surface area contributed by atoms with E-state index < -0.39 is 35.5 Å². The van der Waals surface area contributed by atoms with E-state index in [1.165, 1.54) is 6.92 Å². The highest BCUT2D eigenvalue weighted by Gasteiger charge is 2.33. The summed E-state index contributed by atoms with van der Waals surface area (Å²) < 4.78 is 26.8. The van der Waals surface area contributed by atoms with Crippen LogP contribution in [0.2, 0.25) is 0 Å². The first kappa shape index (κ1) is 23.1. The van der Waals surface area contributed by atoms with Crippen molar-refractivity contribution in [2.45, 2.75) is 32.4 Å². The minimum absolute atomic E-state index is 0.147. The molecule has 0 saturated heterocycles. The summed E-state index contributed by atoms with van der Waals surface area (Å²) in [5.74, 6) is -2.99. The Morgan fingerprint density at radius 1 is 1.00 bits per heavy atom. The first-order valence-corrected chi connectivity index (χ1v) is 10.8. The number of para-hydroxylation sites is 1. The number of amides is 2. The summed E-state index contributed by atoms with van der Waals surface area (Å²) in [6, 6.07) is 13.5. The van der Waals surface area contributed by atoms with Crippen LogP contribution in [0, 0.1) is 18.6 Å². The van der Waals surface area contributed by atoms with Gasteiger partial charge < -0.3 is 16.0 Å². The van der Waals surface area contributed by atoms with Crippen molar-refractivity contribution in [2.75, 3.05) is 5.32 Å². The monoisotopic (exact) mass is 463 g/mol. The molecule has 4 rings (SSSR count). The maximum absolute atomic E-state index is 13.5. The van der Waals surface area contributed by atoms with E-state index in [0.29, 0.717) is 28.6 Å².